The van der Waals surface area contributed by atoms with Gasteiger partial charge in [-0.1, -0.05) is 30.3 Å². The van der Waals surface area contributed by atoms with E-state index in [0.717, 1.165) is 5.56 Å². The van der Waals surface area contributed by atoms with E-state index in [-0.39, 0.29) is 6.04 Å². The molecule has 0 spiro atoms. The number of nitrogens with zero attached hydrogens (tertiary/aromatic N) is 5. The van der Waals surface area contributed by atoms with Crippen molar-refractivity contribution in [1.82, 2.24) is 19.9 Å². The molecular formula is C18H17N7. The summed E-state index contributed by atoms with van der Waals surface area (Å²) in [4.78, 5) is 17.3. The summed E-state index contributed by atoms with van der Waals surface area (Å²) in [6.45, 7) is 4.03. The lowest BCUT2D eigenvalue weighted by atomic mass is 10.2. The third kappa shape index (κ3) is 4.26. The van der Waals surface area contributed by atoms with Gasteiger partial charge in [0, 0.05) is 23.5 Å². The van der Waals surface area contributed by atoms with Crippen molar-refractivity contribution in [2.24, 2.45) is 0 Å². The monoisotopic (exact) mass is 331 g/mol. The Bertz CT molecular complexity index is 901. The minimum Gasteiger partial charge on any atom is -0.352 e. The normalized spacial score (nSPS) is 10.3. The Balaban J connectivity index is 1.98. The number of hydrogen-bond acceptors (Lipinski definition) is 7. The summed E-state index contributed by atoms with van der Waals surface area (Å²) in [6.07, 6.45) is 1.56. The first-order valence-corrected chi connectivity index (χ1v) is 7.85. The van der Waals surface area contributed by atoms with Crippen LogP contribution in [-0.2, 0) is 0 Å². The molecule has 3 aromatic rings. The van der Waals surface area contributed by atoms with Gasteiger partial charge in [-0.3, -0.25) is 0 Å². The van der Waals surface area contributed by atoms with Crippen LogP contribution in [0.5, 0.6) is 0 Å². The van der Waals surface area contributed by atoms with Crippen LogP contribution in [0.1, 0.15) is 19.5 Å². The van der Waals surface area contributed by atoms with E-state index in [2.05, 4.69) is 30.6 Å². The molecule has 2 heterocycles. The largest absolute Gasteiger partial charge is 0.352 e. The van der Waals surface area contributed by atoms with Crippen LogP contribution in [0.25, 0.3) is 11.4 Å². The highest BCUT2D eigenvalue weighted by Gasteiger charge is 2.10. The minimum atomic E-state index is 0.185. The van der Waals surface area contributed by atoms with Crippen molar-refractivity contribution in [3.8, 4) is 17.5 Å². The molecule has 1 aromatic carbocycles. The average molecular weight is 331 g/mol. The molecule has 0 amide bonds. The number of nitriles is 1. The summed E-state index contributed by atoms with van der Waals surface area (Å²) >= 11 is 0. The molecule has 0 bridgehead atoms. The lowest BCUT2D eigenvalue weighted by Gasteiger charge is -2.12. The fraction of sp³-hybridized carbons (Fsp3) is 0.167. The molecule has 2 aromatic heterocycles. The summed E-state index contributed by atoms with van der Waals surface area (Å²) in [5, 5.41) is 15.3. The van der Waals surface area contributed by atoms with Crippen LogP contribution in [0.4, 0.5) is 17.6 Å². The van der Waals surface area contributed by atoms with E-state index in [0.29, 0.717) is 29.1 Å². The molecule has 0 fully saturated rings. The van der Waals surface area contributed by atoms with Gasteiger partial charge in [0.25, 0.3) is 0 Å². The van der Waals surface area contributed by atoms with Crippen molar-refractivity contribution >= 4 is 17.6 Å². The van der Waals surface area contributed by atoms with Crippen LogP contribution in [0.15, 0.2) is 48.7 Å². The lowest BCUT2D eigenvalue weighted by Crippen LogP contribution is -2.14. The number of nitrogens with one attached hydrogen (secondary N) is 2. The molecule has 3 rings (SSSR count). The average Bonchev–Trinajstić information content (AvgIpc) is 2.62. The predicted molar refractivity (Wildman–Crippen MR) is 96.3 cm³/mol. The molecule has 7 heteroatoms. The fourth-order valence-electron chi connectivity index (χ4n) is 2.17. The molecule has 0 aliphatic carbocycles. The first kappa shape index (κ1) is 16.3. The third-order valence-corrected chi connectivity index (χ3v) is 3.22. The van der Waals surface area contributed by atoms with Crippen LogP contribution in [0.2, 0.25) is 0 Å². The maximum atomic E-state index is 8.97. The van der Waals surface area contributed by atoms with E-state index < -0.39 is 0 Å². The van der Waals surface area contributed by atoms with Crippen LogP contribution in [-0.4, -0.2) is 26.0 Å². The molecule has 7 nitrogen and oxygen atoms in total. The molecule has 2 N–H and O–H groups in total. The molecule has 0 saturated heterocycles. The van der Waals surface area contributed by atoms with Gasteiger partial charge >= 0.3 is 0 Å². The molecule has 0 aliphatic rings. The third-order valence-electron chi connectivity index (χ3n) is 3.22. The number of anilines is 3. The van der Waals surface area contributed by atoms with E-state index in [4.69, 9.17) is 5.26 Å². The number of pyridine rings is 1. The Hall–Kier alpha value is -3.53. The molecule has 0 unspecified atom stereocenters. The maximum absolute atomic E-state index is 8.97. The Morgan fingerprint density at radius 3 is 2.48 bits per heavy atom. The van der Waals surface area contributed by atoms with Gasteiger partial charge in [-0.25, -0.2) is 4.98 Å². The van der Waals surface area contributed by atoms with E-state index in [1.165, 1.54) is 0 Å². The summed E-state index contributed by atoms with van der Waals surface area (Å²) in [7, 11) is 0. The molecule has 0 saturated carbocycles. The molecule has 25 heavy (non-hydrogen) atoms. The number of benzene rings is 1. The lowest BCUT2D eigenvalue weighted by molar-refractivity contribution is 0.869. The van der Waals surface area contributed by atoms with Crippen molar-refractivity contribution in [1.29, 1.82) is 5.26 Å². The van der Waals surface area contributed by atoms with Gasteiger partial charge in [-0.15, -0.1) is 0 Å². The van der Waals surface area contributed by atoms with Crippen molar-refractivity contribution in [3.63, 3.8) is 0 Å². The highest BCUT2D eigenvalue weighted by atomic mass is 15.2. The second kappa shape index (κ2) is 7.36. The van der Waals surface area contributed by atoms with Crippen molar-refractivity contribution < 1.29 is 0 Å². The molecular weight excluding hydrogens is 314 g/mol. The SMILES string of the molecule is CC(C)Nc1nc(Nc2ccnc(C#N)c2)nc(-c2ccccc2)n1. The molecule has 0 radical (unpaired) electrons. The highest BCUT2D eigenvalue weighted by molar-refractivity contribution is 5.61. The Morgan fingerprint density at radius 2 is 1.76 bits per heavy atom. The predicted octanol–water partition coefficient (Wildman–Crippen LogP) is 3.37. The summed E-state index contributed by atoms with van der Waals surface area (Å²) in [6, 6.07) is 15.3. The van der Waals surface area contributed by atoms with Crippen molar-refractivity contribution in [2.75, 3.05) is 10.6 Å². The van der Waals surface area contributed by atoms with E-state index in [1.807, 2.05) is 50.2 Å². The Morgan fingerprint density at radius 1 is 1.00 bits per heavy atom. The minimum absolute atomic E-state index is 0.185. The molecule has 0 atom stereocenters. The zero-order valence-electron chi connectivity index (χ0n) is 13.9. The quantitative estimate of drug-likeness (QED) is 0.739. The topological polar surface area (TPSA) is 99.4 Å². The second-order valence-electron chi connectivity index (χ2n) is 5.64. The van der Waals surface area contributed by atoms with Crippen molar-refractivity contribution in [2.45, 2.75) is 19.9 Å². The first-order chi connectivity index (χ1) is 12.1. The Kier molecular flexibility index (Phi) is 4.81. The number of rotatable bonds is 5. The van der Waals surface area contributed by atoms with Crippen LogP contribution >= 0.6 is 0 Å². The van der Waals surface area contributed by atoms with Crippen molar-refractivity contribution in [3.05, 3.63) is 54.4 Å². The van der Waals surface area contributed by atoms with Gasteiger partial charge in [0.1, 0.15) is 11.8 Å². The second-order valence-corrected chi connectivity index (χ2v) is 5.64. The zero-order valence-corrected chi connectivity index (χ0v) is 13.9. The van der Waals surface area contributed by atoms with Gasteiger partial charge < -0.3 is 10.6 Å². The van der Waals surface area contributed by atoms with Crippen LogP contribution < -0.4 is 10.6 Å². The fourth-order valence-corrected chi connectivity index (χ4v) is 2.17. The first-order valence-electron chi connectivity index (χ1n) is 7.85. The Labute approximate surface area is 145 Å². The zero-order chi connectivity index (χ0) is 17.6. The summed E-state index contributed by atoms with van der Waals surface area (Å²) in [5.41, 5.74) is 1.90. The van der Waals surface area contributed by atoms with Gasteiger partial charge in [0.05, 0.1) is 0 Å². The van der Waals surface area contributed by atoms with E-state index in [9.17, 15) is 0 Å². The van der Waals surface area contributed by atoms with Crippen LogP contribution in [0.3, 0.4) is 0 Å². The van der Waals surface area contributed by atoms with E-state index in [1.54, 1.807) is 18.3 Å². The van der Waals surface area contributed by atoms with Gasteiger partial charge in [0.15, 0.2) is 5.82 Å². The molecule has 124 valence electrons. The summed E-state index contributed by atoms with van der Waals surface area (Å²) in [5.74, 6) is 1.45. The highest BCUT2D eigenvalue weighted by Crippen LogP contribution is 2.20. The van der Waals surface area contributed by atoms with Crippen LogP contribution in [0, 0.1) is 11.3 Å². The standard InChI is InChI=1S/C18H17N7/c1-12(2)21-17-23-16(13-6-4-3-5-7-13)24-18(25-17)22-14-8-9-20-15(10-14)11-19/h3-10,12H,1-2H3,(H2,20,21,22,23,24,25). The van der Waals surface area contributed by atoms with E-state index >= 15 is 0 Å². The smallest absolute Gasteiger partial charge is 0.232 e. The maximum Gasteiger partial charge on any atom is 0.232 e. The number of hydrogen-bond donors (Lipinski definition) is 2. The van der Waals surface area contributed by atoms with Gasteiger partial charge in [-0.05, 0) is 26.0 Å². The summed E-state index contributed by atoms with van der Waals surface area (Å²) < 4.78 is 0. The van der Waals surface area contributed by atoms with Gasteiger partial charge in [-0.2, -0.15) is 20.2 Å². The van der Waals surface area contributed by atoms with Gasteiger partial charge in [0.2, 0.25) is 11.9 Å². The molecule has 0 aliphatic heterocycles. The number of aromatic nitrogens is 4.